The van der Waals surface area contributed by atoms with E-state index in [1.165, 1.54) is 46.7 Å². The molecule has 3 aliphatic heterocycles. The van der Waals surface area contributed by atoms with Gasteiger partial charge in [-0.2, -0.15) is 0 Å². The molecule has 5 nitrogen and oxygen atoms in total. The number of nitrogens with one attached hydrogen (secondary N) is 2. The fourth-order valence-electron chi connectivity index (χ4n) is 5.69. The van der Waals surface area contributed by atoms with Gasteiger partial charge < -0.3 is 10.6 Å². The van der Waals surface area contributed by atoms with E-state index in [4.69, 9.17) is 4.98 Å². The Hall–Kier alpha value is -1.67. The molecule has 7 heteroatoms. The number of thiazole rings is 1. The number of nitrogens with zero attached hydrogens (tertiary/aromatic N) is 2. The summed E-state index contributed by atoms with van der Waals surface area (Å²) in [6.07, 6.45) is 12.1. The van der Waals surface area contributed by atoms with Crippen molar-refractivity contribution in [2.45, 2.75) is 63.5 Å². The van der Waals surface area contributed by atoms with E-state index in [1.54, 1.807) is 11.3 Å². The van der Waals surface area contributed by atoms with Gasteiger partial charge in [0.05, 0.1) is 10.9 Å². The van der Waals surface area contributed by atoms with Crippen molar-refractivity contribution in [2.75, 3.05) is 13.1 Å². The highest BCUT2D eigenvalue weighted by atomic mass is 32.1. The molecule has 166 valence electrons. The van der Waals surface area contributed by atoms with Crippen LogP contribution in [0.3, 0.4) is 0 Å². The van der Waals surface area contributed by atoms with Crippen LogP contribution in [0.4, 0.5) is 0 Å². The van der Waals surface area contributed by atoms with Crippen molar-refractivity contribution in [1.29, 1.82) is 0 Å². The number of carbonyl (C=O) groups is 1. The zero-order valence-corrected chi connectivity index (χ0v) is 19.3. The summed E-state index contributed by atoms with van der Waals surface area (Å²) in [7, 11) is 0. The van der Waals surface area contributed by atoms with Crippen LogP contribution in [-0.2, 0) is 24.2 Å². The number of fused-ring (bicyclic) bond motifs is 3. The second-order valence-corrected chi connectivity index (χ2v) is 11.7. The average Bonchev–Trinajstić information content (AvgIpc) is 3.51. The standard InChI is InChI=1S/C24H28N4OS2.2H2/c29-16(3-1-2-6-24-10-15(11-24)12-27-24)9-20-22(17-4-7-26-14-21(17)30-20)23-28-18-13-25-8-5-19(18)31-23;;/h5,8,13,15,26-27H,1-4,6-7,9-12,14H2;2*1H. The van der Waals surface area contributed by atoms with Gasteiger partial charge in [0.2, 0.25) is 0 Å². The summed E-state index contributed by atoms with van der Waals surface area (Å²) >= 11 is 3.54. The zero-order valence-electron chi connectivity index (χ0n) is 17.7. The van der Waals surface area contributed by atoms with E-state index in [9.17, 15) is 4.79 Å². The van der Waals surface area contributed by atoms with Crippen molar-refractivity contribution < 1.29 is 7.65 Å². The molecule has 2 bridgehead atoms. The molecule has 2 N–H and O–H groups in total. The third kappa shape index (κ3) is 3.75. The van der Waals surface area contributed by atoms with E-state index in [0.717, 1.165) is 53.5 Å². The normalized spacial score (nSPS) is 24.3. The Kier molecular flexibility index (Phi) is 5.17. The fraction of sp³-hybridized carbons (Fsp3) is 0.542. The number of aromatic nitrogens is 2. The summed E-state index contributed by atoms with van der Waals surface area (Å²) in [5, 5.41) is 8.23. The van der Waals surface area contributed by atoms with Gasteiger partial charge in [-0.15, -0.1) is 22.7 Å². The number of pyridine rings is 1. The van der Waals surface area contributed by atoms with Crippen LogP contribution < -0.4 is 10.6 Å². The smallest absolute Gasteiger partial charge is 0.138 e. The lowest BCUT2D eigenvalue weighted by Gasteiger charge is -2.37. The van der Waals surface area contributed by atoms with Crippen LogP contribution in [0.1, 0.15) is 56.7 Å². The first-order valence-corrected chi connectivity index (χ1v) is 13.1. The number of unbranched alkanes of at least 4 members (excludes halogenated alkanes) is 1. The SMILES string of the molecule is O=C(CCCCC12CC(CN1)C2)Cc1sc2c(c1-c1nc3cnccc3s1)CCNC2.[HH].[HH]. The summed E-state index contributed by atoms with van der Waals surface area (Å²) in [4.78, 5) is 24.6. The number of thiophene rings is 1. The Bertz CT molecular complexity index is 1100. The molecule has 6 heterocycles. The Morgan fingerprint density at radius 3 is 3.06 bits per heavy atom. The Labute approximate surface area is 193 Å². The van der Waals surface area contributed by atoms with E-state index in [2.05, 4.69) is 15.6 Å². The molecule has 7 rings (SSSR count). The number of ketones is 1. The summed E-state index contributed by atoms with van der Waals surface area (Å²) in [6.45, 7) is 3.11. The summed E-state index contributed by atoms with van der Waals surface area (Å²) < 4.78 is 1.16. The third-order valence-corrected chi connectivity index (χ3v) is 9.53. The number of hydrogen-bond donors (Lipinski definition) is 2. The minimum atomic E-state index is 0. The predicted molar refractivity (Wildman–Crippen MR) is 131 cm³/mol. The van der Waals surface area contributed by atoms with Crippen molar-refractivity contribution >= 4 is 38.7 Å². The molecule has 0 aromatic carbocycles. The van der Waals surface area contributed by atoms with Crippen molar-refractivity contribution in [2.24, 2.45) is 5.92 Å². The number of hydrogen-bond acceptors (Lipinski definition) is 7. The van der Waals surface area contributed by atoms with Crippen LogP contribution in [0.25, 0.3) is 20.8 Å². The fourth-order valence-corrected chi connectivity index (χ4v) is 8.14. The lowest BCUT2D eigenvalue weighted by Crippen LogP contribution is -2.42. The molecule has 3 aromatic rings. The van der Waals surface area contributed by atoms with Crippen LogP contribution in [0, 0.1) is 5.92 Å². The van der Waals surface area contributed by atoms with E-state index >= 15 is 0 Å². The molecule has 0 amide bonds. The highest BCUT2D eigenvalue weighted by Crippen LogP contribution is 2.46. The second-order valence-electron chi connectivity index (χ2n) is 9.45. The van der Waals surface area contributed by atoms with Gasteiger partial charge in [0.1, 0.15) is 16.3 Å². The maximum absolute atomic E-state index is 12.9. The number of rotatable bonds is 8. The number of Topliss-reactive ketones (excluding diaryl/α,β-unsaturated/α-hetero) is 1. The summed E-state index contributed by atoms with van der Waals surface area (Å²) in [5.74, 6) is 1.30. The first kappa shape index (κ1) is 20.0. The molecule has 0 atom stereocenters. The second kappa shape index (κ2) is 8.03. The molecule has 4 aliphatic rings. The van der Waals surface area contributed by atoms with E-state index < -0.39 is 0 Å². The maximum atomic E-state index is 12.9. The maximum Gasteiger partial charge on any atom is 0.138 e. The number of carbonyl (C=O) groups excluding carboxylic acids is 1. The van der Waals surface area contributed by atoms with Crippen molar-refractivity contribution in [3.63, 3.8) is 0 Å². The Morgan fingerprint density at radius 2 is 2.23 bits per heavy atom. The van der Waals surface area contributed by atoms with E-state index in [-0.39, 0.29) is 2.85 Å². The summed E-state index contributed by atoms with van der Waals surface area (Å²) in [6, 6.07) is 2.03. The van der Waals surface area contributed by atoms with Gasteiger partial charge in [-0.25, -0.2) is 4.98 Å². The van der Waals surface area contributed by atoms with Crippen molar-refractivity contribution in [3.05, 3.63) is 33.8 Å². The predicted octanol–water partition coefficient (Wildman–Crippen LogP) is 4.98. The third-order valence-electron chi connectivity index (χ3n) is 7.25. The van der Waals surface area contributed by atoms with Crippen LogP contribution in [0.2, 0.25) is 0 Å². The Balaban J connectivity index is 0.00000130. The van der Waals surface area contributed by atoms with Crippen LogP contribution >= 0.6 is 22.7 Å². The van der Waals surface area contributed by atoms with Gasteiger partial charge in [0.15, 0.2) is 0 Å². The first-order chi connectivity index (χ1) is 15.2. The van der Waals surface area contributed by atoms with E-state index in [1.807, 2.05) is 29.8 Å². The molecule has 3 fully saturated rings. The monoisotopic (exact) mass is 456 g/mol. The van der Waals surface area contributed by atoms with Gasteiger partial charge in [0, 0.05) is 49.3 Å². The molecule has 0 radical (unpaired) electrons. The van der Waals surface area contributed by atoms with Gasteiger partial charge in [-0.05, 0) is 62.7 Å². The van der Waals surface area contributed by atoms with Gasteiger partial charge in [-0.3, -0.25) is 9.78 Å². The lowest BCUT2D eigenvalue weighted by atomic mass is 9.71. The Morgan fingerprint density at radius 1 is 1.29 bits per heavy atom. The zero-order chi connectivity index (χ0) is 20.8. The minimum Gasteiger partial charge on any atom is -0.312 e. The quantitative estimate of drug-likeness (QED) is 0.468. The van der Waals surface area contributed by atoms with Crippen molar-refractivity contribution in [3.8, 4) is 10.6 Å². The summed E-state index contributed by atoms with van der Waals surface area (Å²) in [5.41, 5.74) is 4.03. The van der Waals surface area contributed by atoms with Gasteiger partial charge in [0.25, 0.3) is 0 Å². The molecule has 2 saturated heterocycles. The van der Waals surface area contributed by atoms with Crippen LogP contribution in [0.5, 0.6) is 0 Å². The molecule has 0 unspecified atom stereocenters. The van der Waals surface area contributed by atoms with E-state index in [0.29, 0.717) is 24.2 Å². The highest BCUT2D eigenvalue weighted by Gasteiger charge is 2.49. The molecule has 1 saturated carbocycles. The average molecular weight is 457 g/mol. The first-order valence-electron chi connectivity index (χ1n) is 11.5. The van der Waals surface area contributed by atoms with Gasteiger partial charge >= 0.3 is 0 Å². The molecule has 1 aliphatic carbocycles. The highest BCUT2D eigenvalue weighted by molar-refractivity contribution is 7.22. The lowest BCUT2D eigenvalue weighted by molar-refractivity contribution is -0.118. The molecular weight excluding hydrogens is 424 g/mol. The topological polar surface area (TPSA) is 66.9 Å². The van der Waals surface area contributed by atoms with Gasteiger partial charge in [-0.1, -0.05) is 6.42 Å². The molecule has 3 aromatic heterocycles. The molecular formula is C24H32N4OS2. The minimum absolute atomic E-state index is 0. The van der Waals surface area contributed by atoms with Crippen LogP contribution in [0.15, 0.2) is 18.5 Å². The molecule has 0 spiro atoms. The molecule has 31 heavy (non-hydrogen) atoms. The largest absolute Gasteiger partial charge is 0.312 e. The van der Waals surface area contributed by atoms with Crippen molar-refractivity contribution in [1.82, 2.24) is 20.6 Å². The van der Waals surface area contributed by atoms with Crippen LogP contribution in [-0.4, -0.2) is 34.4 Å².